The lowest BCUT2D eigenvalue weighted by molar-refractivity contribution is 0.305. The Bertz CT molecular complexity index is 573. The van der Waals surface area contributed by atoms with E-state index in [2.05, 4.69) is 17.2 Å². The van der Waals surface area contributed by atoms with Crippen molar-refractivity contribution in [1.82, 2.24) is 10.3 Å². The van der Waals surface area contributed by atoms with Gasteiger partial charge in [0.1, 0.15) is 12.4 Å². The van der Waals surface area contributed by atoms with E-state index in [0.717, 1.165) is 30.8 Å². The maximum atomic E-state index is 6.12. The maximum Gasteiger partial charge on any atom is 0.138 e. The van der Waals surface area contributed by atoms with Gasteiger partial charge in [-0.2, -0.15) is 0 Å². The van der Waals surface area contributed by atoms with E-state index < -0.39 is 0 Å². The molecular formula is C16H18Cl2N2O. The van der Waals surface area contributed by atoms with Gasteiger partial charge in [-0.15, -0.1) is 0 Å². The van der Waals surface area contributed by atoms with Gasteiger partial charge in [-0.25, -0.2) is 0 Å². The second kappa shape index (κ2) is 8.23. The van der Waals surface area contributed by atoms with Crippen molar-refractivity contribution in [3.05, 3.63) is 57.8 Å². The highest BCUT2D eigenvalue weighted by Crippen LogP contribution is 2.26. The molecule has 0 aliphatic rings. The lowest BCUT2D eigenvalue weighted by Crippen LogP contribution is -2.14. The Morgan fingerprint density at radius 2 is 2.05 bits per heavy atom. The quantitative estimate of drug-likeness (QED) is 0.763. The van der Waals surface area contributed by atoms with E-state index in [1.54, 1.807) is 12.3 Å². The summed E-state index contributed by atoms with van der Waals surface area (Å²) in [5.41, 5.74) is 1.86. The predicted molar refractivity (Wildman–Crippen MR) is 87.0 cm³/mol. The third-order valence-electron chi connectivity index (χ3n) is 2.96. The van der Waals surface area contributed by atoms with Crippen molar-refractivity contribution in [2.24, 2.45) is 0 Å². The molecule has 21 heavy (non-hydrogen) atoms. The van der Waals surface area contributed by atoms with Crippen LogP contribution in [0.1, 0.15) is 24.6 Å². The fourth-order valence-electron chi connectivity index (χ4n) is 1.82. The van der Waals surface area contributed by atoms with Crippen LogP contribution in [0, 0.1) is 0 Å². The molecule has 0 unspecified atom stereocenters. The lowest BCUT2D eigenvalue weighted by atomic mass is 10.2. The van der Waals surface area contributed by atoms with Gasteiger partial charge in [0.15, 0.2) is 0 Å². The number of ether oxygens (including phenoxy) is 1. The lowest BCUT2D eigenvalue weighted by Gasteiger charge is -2.09. The highest BCUT2D eigenvalue weighted by atomic mass is 35.5. The van der Waals surface area contributed by atoms with Crippen molar-refractivity contribution in [3.8, 4) is 5.75 Å². The molecule has 0 saturated heterocycles. The summed E-state index contributed by atoms with van der Waals surface area (Å²) in [5.74, 6) is 0.713. The van der Waals surface area contributed by atoms with E-state index in [1.165, 1.54) is 0 Å². The SMILES string of the molecule is CCCNCc1ccc(OCc2cccc(Cl)c2Cl)cn1. The van der Waals surface area contributed by atoms with Crippen molar-refractivity contribution >= 4 is 23.2 Å². The second-order valence-electron chi connectivity index (χ2n) is 4.66. The summed E-state index contributed by atoms with van der Waals surface area (Å²) >= 11 is 12.1. The van der Waals surface area contributed by atoms with Crippen molar-refractivity contribution in [1.29, 1.82) is 0 Å². The topological polar surface area (TPSA) is 34.1 Å². The minimum Gasteiger partial charge on any atom is -0.487 e. The van der Waals surface area contributed by atoms with Crippen molar-refractivity contribution in [2.75, 3.05) is 6.54 Å². The number of nitrogens with one attached hydrogen (secondary N) is 1. The molecule has 2 rings (SSSR count). The van der Waals surface area contributed by atoms with E-state index >= 15 is 0 Å². The molecular weight excluding hydrogens is 307 g/mol. The number of aromatic nitrogens is 1. The number of pyridine rings is 1. The Kier molecular flexibility index (Phi) is 6.30. The maximum absolute atomic E-state index is 6.12. The molecule has 0 amide bonds. The van der Waals surface area contributed by atoms with E-state index in [0.29, 0.717) is 22.4 Å². The Balaban J connectivity index is 1.90. The average Bonchev–Trinajstić information content (AvgIpc) is 2.50. The summed E-state index contributed by atoms with van der Waals surface area (Å²) in [4.78, 5) is 4.36. The highest BCUT2D eigenvalue weighted by molar-refractivity contribution is 6.42. The molecule has 3 nitrogen and oxygen atoms in total. The van der Waals surface area contributed by atoms with E-state index in [-0.39, 0.29) is 0 Å². The number of rotatable bonds is 7. The third kappa shape index (κ3) is 4.88. The first-order valence-electron chi connectivity index (χ1n) is 6.92. The van der Waals surface area contributed by atoms with Gasteiger partial charge in [-0.1, -0.05) is 42.3 Å². The monoisotopic (exact) mass is 324 g/mol. The molecule has 2 aromatic rings. The molecule has 0 saturated carbocycles. The normalized spacial score (nSPS) is 10.6. The van der Waals surface area contributed by atoms with Crippen LogP contribution in [0.25, 0.3) is 0 Å². The molecule has 0 radical (unpaired) electrons. The average molecular weight is 325 g/mol. The van der Waals surface area contributed by atoms with Gasteiger partial charge >= 0.3 is 0 Å². The van der Waals surface area contributed by atoms with Crippen LogP contribution >= 0.6 is 23.2 Å². The van der Waals surface area contributed by atoms with E-state index in [9.17, 15) is 0 Å². The minimum absolute atomic E-state index is 0.370. The highest BCUT2D eigenvalue weighted by Gasteiger charge is 2.05. The van der Waals surface area contributed by atoms with Gasteiger partial charge in [0.2, 0.25) is 0 Å². The van der Waals surface area contributed by atoms with Crippen LogP contribution in [0.4, 0.5) is 0 Å². The Labute approximate surface area is 135 Å². The molecule has 0 spiro atoms. The number of halogens is 2. The van der Waals surface area contributed by atoms with Crippen molar-refractivity contribution in [3.63, 3.8) is 0 Å². The molecule has 0 fully saturated rings. The molecule has 0 atom stereocenters. The van der Waals surface area contributed by atoms with Crippen LogP contribution in [0.5, 0.6) is 5.75 Å². The zero-order valence-electron chi connectivity index (χ0n) is 11.9. The largest absolute Gasteiger partial charge is 0.487 e. The molecule has 0 aliphatic carbocycles. The molecule has 1 aromatic heterocycles. The summed E-state index contributed by atoms with van der Waals surface area (Å²) in [7, 11) is 0. The number of nitrogens with zero attached hydrogens (tertiary/aromatic N) is 1. The first-order valence-corrected chi connectivity index (χ1v) is 7.67. The van der Waals surface area contributed by atoms with Crippen LogP contribution in [0.15, 0.2) is 36.5 Å². The standard InChI is InChI=1S/C16H18Cl2N2O/c1-2-8-19-9-13-6-7-14(10-20-13)21-11-12-4-3-5-15(17)16(12)18/h3-7,10,19H,2,8-9,11H2,1H3. The van der Waals surface area contributed by atoms with Gasteiger partial charge < -0.3 is 10.1 Å². The van der Waals surface area contributed by atoms with Gasteiger partial charge in [0, 0.05) is 12.1 Å². The van der Waals surface area contributed by atoms with Gasteiger partial charge in [-0.3, -0.25) is 4.98 Å². The molecule has 1 heterocycles. The fraction of sp³-hybridized carbons (Fsp3) is 0.312. The van der Waals surface area contributed by atoms with Crippen LogP contribution in [-0.2, 0) is 13.2 Å². The first-order chi connectivity index (χ1) is 10.2. The molecule has 112 valence electrons. The number of hydrogen-bond donors (Lipinski definition) is 1. The van der Waals surface area contributed by atoms with E-state index in [1.807, 2.05) is 24.3 Å². The summed E-state index contributed by atoms with van der Waals surface area (Å²) < 4.78 is 5.68. The van der Waals surface area contributed by atoms with Crippen LogP contribution in [0.2, 0.25) is 10.0 Å². The first kappa shape index (κ1) is 16.1. The van der Waals surface area contributed by atoms with Crippen molar-refractivity contribution in [2.45, 2.75) is 26.5 Å². The van der Waals surface area contributed by atoms with Gasteiger partial charge in [0.25, 0.3) is 0 Å². The smallest absolute Gasteiger partial charge is 0.138 e. The van der Waals surface area contributed by atoms with Crippen LogP contribution in [-0.4, -0.2) is 11.5 Å². The molecule has 1 N–H and O–H groups in total. The van der Waals surface area contributed by atoms with Crippen LogP contribution < -0.4 is 10.1 Å². The minimum atomic E-state index is 0.370. The fourth-order valence-corrected chi connectivity index (χ4v) is 2.19. The number of hydrogen-bond acceptors (Lipinski definition) is 3. The number of benzene rings is 1. The van der Waals surface area contributed by atoms with Crippen LogP contribution in [0.3, 0.4) is 0 Å². The van der Waals surface area contributed by atoms with Gasteiger partial charge in [-0.05, 0) is 31.2 Å². The van der Waals surface area contributed by atoms with Crippen molar-refractivity contribution < 1.29 is 4.74 Å². The summed E-state index contributed by atoms with van der Waals surface area (Å²) in [6.45, 7) is 4.27. The second-order valence-corrected chi connectivity index (χ2v) is 5.45. The molecule has 1 aromatic carbocycles. The summed E-state index contributed by atoms with van der Waals surface area (Å²) in [6, 6.07) is 9.37. The van der Waals surface area contributed by atoms with E-state index in [4.69, 9.17) is 27.9 Å². The summed E-state index contributed by atoms with van der Waals surface area (Å²) in [6.07, 6.45) is 2.84. The summed E-state index contributed by atoms with van der Waals surface area (Å²) in [5, 5.41) is 4.38. The molecule has 0 aliphatic heterocycles. The molecule has 5 heteroatoms. The Hall–Kier alpha value is -1.29. The predicted octanol–water partition coefficient (Wildman–Crippen LogP) is 4.47. The Morgan fingerprint density at radius 3 is 2.76 bits per heavy atom. The van der Waals surface area contributed by atoms with Gasteiger partial charge in [0.05, 0.1) is 21.9 Å². The zero-order chi connectivity index (χ0) is 15.1. The Morgan fingerprint density at radius 1 is 1.19 bits per heavy atom. The molecule has 0 bridgehead atoms. The zero-order valence-corrected chi connectivity index (χ0v) is 13.4. The third-order valence-corrected chi connectivity index (χ3v) is 3.81.